The van der Waals surface area contributed by atoms with Crippen LogP contribution in [-0.2, 0) is 17.7 Å². The number of fused-ring (bicyclic) bond motifs is 3. The van der Waals surface area contributed by atoms with Crippen molar-refractivity contribution in [1.29, 1.82) is 0 Å². The summed E-state index contributed by atoms with van der Waals surface area (Å²) >= 11 is 5.98. The van der Waals surface area contributed by atoms with Gasteiger partial charge in [0.25, 0.3) is 5.56 Å². The maximum absolute atomic E-state index is 13.4. The number of ether oxygens (including phenoxy) is 1. The van der Waals surface area contributed by atoms with E-state index in [1.807, 2.05) is 36.4 Å². The number of benzene rings is 2. The van der Waals surface area contributed by atoms with Crippen molar-refractivity contribution in [3.63, 3.8) is 0 Å². The second kappa shape index (κ2) is 7.21. The van der Waals surface area contributed by atoms with Crippen molar-refractivity contribution in [3.8, 4) is 5.88 Å². The highest BCUT2D eigenvalue weighted by Crippen LogP contribution is 2.26. The van der Waals surface area contributed by atoms with Crippen molar-refractivity contribution in [2.75, 3.05) is 6.61 Å². The quantitative estimate of drug-likeness (QED) is 0.557. The molecule has 1 atom stereocenters. The average Bonchev–Trinajstić information content (AvgIpc) is 3.37. The number of hydrogen-bond acceptors (Lipinski definition) is 4. The van der Waals surface area contributed by atoms with E-state index in [0.29, 0.717) is 34.8 Å². The largest absolute Gasteiger partial charge is 0.494 e. The Balaban J connectivity index is 1.73. The van der Waals surface area contributed by atoms with Crippen LogP contribution in [0.2, 0.25) is 5.02 Å². The first-order chi connectivity index (χ1) is 14.1. The Morgan fingerprint density at radius 3 is 2.72 bits per heavy atom. The number of aromatic nitrogens is 3. The third-order valence-corrected chi connectivity index (χ3v) is 5.73. The Morgan fingerprint density at radius 1 is 1.17 bits per heavy atom. The Morgan fingerprint density at radius 2 is 1.97 bits per heavy atom. The van der Waals surface area contributed by atoms with Crippen LogP contribution >= 0.6 is 11.6 Å². The molecule has 1 N–H and O–H groups in total. The summed E-state index contributed by atoms with van der Waals surface area (Å²) < 4.78 is 9.08. The number of hydrogen-bond donors (Lipinski definition) is 1. The van der Waals surface area contributed by atoms with Gasteiger partial charge in [-0.1, -0.05) is 35.9 Å². The maximum Gasteiger partial charge on any atom is 0.266 e. The van der Waals surface area contributed by atoms with E-state index in [4.69, 9.17) is 16.3 Å². The molecule has 4 aromatic rings. The van der Waals surface area contributed by atoms with Gasteiger partial charge < -0.3 is 9.84 Å². The van der Waals surface area contributed by atoms with Crippen molar-refractivity contribution in [2.24, 2.45) is 0 Å². The summed E-state index contributed by atoms with van der Waals surface area (Å²) in [4.78, 5) is 18.0. The van der Waals surface area contributed by atoms with Crippen LogP contribution in [0.5, 0.6) is 5.88 Å². The van der Waals surface area contributed by atoms with Gasteiger partial charge in [0.2, 0.25) is 11.7 Å². The number of halogens is 1. The van der Waals surface area contributed by atoms with Gasteiger partial charge in [0, 0.05) is 18.1 Å². The van der Waals surface area contributed by atoms with Gasteiger partial charge in [0.05, 0.1) is 29.2 Å². The highest BCUT2D eigenvalue weighted by atomic mass is 35.5. The summed E-state index contributed by atoms with van der Waals surface area (Å²) in [6.07, 6.45) is 2.21. The lowest BCUT2D eigenvalue weighted by Crippen LogP contribution is -2.26. The van der Waals surface area contributed by atoms with Crippen molar-refractivity contribution in [3.05, 3.63) is 75.0 Å². The van der Waals surface area contributed by atoms with Crippen LogP contribution in [0.1, 0.15) is 24.0 Å². The first-order valence-corrected chi connectivity index (χ1v) is 10.1. The van der Waals surface area contributed by atoms with Gasteiger partial charge in [-0.3, -0.25) is 9.36 Å². The SMILES string of the molecule is O=c1c(Cc2ccc(Cl)cc2)c(O)n(CC2CCCO2)c2nc3ccccc3n12. The highest BCUT2D eigenvalue weighted by molar-refractivity contribution is 6.30. The van der Waals surface area contributed by atoms with Crippen LogP contribution < -0.4 is 5.56 Å². The fraction of sp³-hybridized carbons (Fsp3) is 0.273. The van der Waals surface area contributed by atoms with Crippen LogP contribution in [0.15, 0.2) is 53.3 Å². The Labute approximate surface area is 171 Å². The summed E-state index contributed by atoms with van der Waals surface area (Å²) in [7, 11) is 0. The molecule has 1 fully saturated rings. The van der Waals surface area contributed by atoms with E-state index >= 15 is 0 Å². The first kappa shape index (κ1) is 18.2. The molecular formula is C22H20ClN3O3. The molecule has 29 heavy (non-hydrogen) atoms. The first-order valence-electron chi connectivity index (χ1n) is 9.69. The number of aromatic hydroxyl groups is 1. The van der Waals surface area contributed by atoms with Crippen molar-refractivity contribution < 1.29 is 9.84 Å². The van der Waals surface area contributed by atoms with E-state index < -0.39 is 0 Å². The predicted molar refractivity (Wildman–Crippen MR) is 112 cm³/mol. The molecule has 1 unspecified atom stereocenters. The molecule has 0 spiro atoms. The number of rotatable bonds is 4. The topological polar surface area (TPSA) is 68.8 Å². The molecule has 0 aliphatic carbocycles. The highest BCUT2D eigenvalue weighted by Gasteiger charge is 2.24. The summed E-state index contributed by atoms with van der Waals surface area (Å²) in [6.45, 7) is 1.17. The van der Waals surface area contributed by atoms with E-state index in [9.17, 15) is 9.90 Å². The van der Waals surface area contributed by atoms with E-state index in [0.717, 1.165) is 30.5 Å². The molecule has 1 saturated heterocycles. The van der Waals surface area contributed by atoms with Gasteiger partial charge in [-0.25, -0.2) is 9.38 Å². The van der Waals surface area contributed by atoms with E-state index in [2.05, 4.69) is 4.98 Å². The fourth-order valence-electron chi connectivity index (χ4n) is 4.00. The third-order valence-electron chi connectivity index (χ3n) is 5.48. The minimum atomic E-state index is -0.259. The molecule has 0 amide bonds. The van der Waals surface area contributed by atoms with Crippen LogP contribution in [-0.4, -0.2) is 31.8 Å². The third kappa shape index (κ3) is 3.18. The van der Waals surface area contributed by atoms with Gasteiger partial charge in [-0.2, -0.15) is 0 Å². The minimum absolute atomic E-state index is 0.00426. The monoisotopic (exact) mass is 409 g/mol. The zero-order chi connectivity index (χ0) is 20.0. The molecule has 0 radical (unpaired) electrons. The summed E-state index contributed by atoms with van der Waals surface area (Å²) in [5.74, 6) is 0.382. The Kier molecular flexibility index (Phi) is 4.53. The fourth-order valence-corrected chi connectivity index (χ4v) is 4.13. The number of imidazole rings is 1. The zero-order valence-corrected chi connectivity index (χ0v) is 16.5. The molecular weight excluding hydrogens is 390 g/mol. The van der Waals surface area contributed by atoms with Gasteiger partial charge in [0.1, 0.15) is 0 Å². The molecule has 5 rings (SSSR count). The second-order valence-corrected chi connectivity index (χ2v) is 7.83. The number of nitrogens with zero attached hydrogens (tertiary/aromatic N) is 3. The van der Waals surface area contributed by atoms with E-state index in [-0.39, 0.29) is 17.5 Å². The summed E-state index contributed by atoms with van der Waals surface area (Å²) in [5.41, 5.74) is 2.42. The van der Waals surface area contributed by atoms with E-state index in [1.54, 1.807) is 21.1 Å². The second-order valence-electron chi connectivity index (χ2n) is 7.39. The molecule has 1 aliphatic rings. The van der Waals surface area contributed by atoms with Crippen molar-refractivity contribution in [1.82, 2.24) is 14.0 Å². The summed E-state index contributed by atoms with van der Waals surface area (Å²) in [5, 5.41) is 11.7. The average molecular weight is 410 g/mol. The lowest BCUT2D eigenvalue weighted by atomic mass is 10.1. The normalized spacial score (nSPS) is 16.8. The molecule has 1 aliphatic heterocycles. The van der Waals surface area contributed by atoms with Gasteiger partial charge in [-0.15, -0.1) is 0 Å². The maximum atomic E-state index is 13.4. The lowest BCUT2D eigenvalue weighted by molar-refractivity contribution is 0.0953. The Hall–Kier alpha value is -2.83. The summed E-state index contributed by atoms with van der Waals surface area (Å²) in [6, 6.07) is 14.8. The van der Waals surface area contributed by atoms with Crippen molar-refractivity contribution >= 4 is 28.4 Å². The smallest absolute Gasteiger partial charge is 0.266 e. The molecule has 3 heterocycles. The minimum Gasteiger partial charge on any atom is -0.494 e. The van der Waals surface area contributed by atoms with Crippen LogP contribution in [0.4, 0.5) is 0 Å². The number of para-hydroxylation sites is 2. The van der Waals surface area contributed by atoms with Gasteiger partial charge >= 0.3 is 0 Å². The predicted octanol–water partition coefficient (Wildman–Crippen LogP) is 3.78. The molecule has 0 saturated carbocycles. The van der Waals surface area contributed by atoms with Crippen LogP contribution in [0.3, 0.4) is 0 Å². The molecule has 7 heteroatoms. The molecule has 6 nitrogen and oxygen atoms in total. The lowest BCUT2D eigenvalue weighted by Gasteiger charge is -2.17. The zero-order valence-electron chi connectivity index (χ0n) is 15.7. The molecule has 2 aromatic heterocycles. The van der Waals surface area contributed by atoms with Gasteiger partial charge in [0.15, 0.2) is 0 Å². The van der Waals surface area contributed by atoms with Gasteiger partial charge in [-0.05, 0) is 42.7 Å². The molecule has 2 aromatic carbocycles. The van der Waals surface area contributed by atoms with E-state index in [1.165, 1.54) is 0 Å². The molecule has 0 bridgehead atoms. The van der Waals surface area contributed by atoms with Crippen LogP contribution in [0, 0.1) is 0 Å². The standard InChI is InChI=1S/C22H20ClN3O3/c23-15-9-7-14(8-10-15)12-17-20(27)25(13-16-4-3-11-29-16)22-24-18-5-1-2-6-19(18)26(22)21(17)28/h1-2,5-10,16,27H,3-4,11-13H2. The van der Waals surface area contributed by atoms with Crippen LogP contribution in [0.25, 0.3) is 16.8 Å². The molecule has 148 valence electrons. The van der Waals surface area contributed by atoms with Crippen molar-refractivity contribution in [2.45, 2.75) is 31.9 Å². The Bertz CT molecular complexity index is 1250.